The van der Waals surface area contributed by atoms with E-state index >= 15 is 0 Å². The number of hydrogen-bond acceptors (Lipinski definition) is 2. The van der Waals surface area contributed by atoms with Crippen LogP contribution in [0.5, 0.6) is 0 Å². The Bertz CT molecular complexity index is 283. The van der Waals surface area contributed by atoms with Gasteiger partial charge in [-0.25, -0.2) is 0 Å². The molecule has 3 nitrogen and oxygen atoms in total. The second-order valence-corrected chi connectivity index (χ2v) is 7.51. The second kappa shape index (κ2) is 7.28. The summed E-state index contributed by atoms with van der Waals surface area (Å²) >= 11 is 0. The van der Waals surface area contributed by atoms with Crippen LogP contribution in [0.1, 0.15) is 59.8 Å². The van der Waals surface area contributed by atoms with E-state index in [1.165, 1.54) is 6.42 Å². The highest BCUT2D eigenvalue weighted by Gasteiger charge is 2.27. The molecule has 3 atom stereocenters. The molecule has 0 aliphatic heterocycles. The summed E-state index contributed by atoms with van der Waals surface area (Å²) in [6.07, 6.45) is 5.13. The van der Waals surface area contributed by atoms with Gasteiger partial charge in [0, 0.05) is 19.6 Å². The maximum absolute atomic E-state index is 11.9. The molecule has 3 unspecified atom stereocenters. The lowest BCUT2D eigenvalue weighted by molar-refractivity contribution is -0.122. The van der Waals surface area contributed by atoms with Crippen LogP contribution in [0, 0.1) is 23.2 Å². The lowest BCUT2D eigenvalue weighted by atomic mass is 9.84. The molecule has 1 aliphatic carbocycles. The first-order valence-corrected chi connectivity index (χ1v) is 7.69. The molecule has 0 radical (unpaired) electrons. The molecule has 1 saturated carbocycles. The van der Waals surface area contributed by atoms with Crippen molar-refractivity contribution >= 4 is 5.91 Å². The van der Waals surface area contributed by atoms with Crippen LogP contribution in [0.4, 0.5) is 0 Å². The first-order valence-electron chi connectivity index (χ1n) is 7.69. The highest BCUT2D eigenvalue weighted by Crippen LogP contribution is 2.30. The summed E-state index contributed by atoms with van der Waals surface area (Å²) in [4.78, 5) is 11.9. The van der Waals surface area contributed by atoms with E-state index in [-0.39, 0.29) is 17.9 Å². The average Bonchev–Trinajstić information content (AvgIpc) is 2.70. The molecule has 112 valence electrons. The van der Waals surface area contributed by atoms with Crippen molar-refractivity contribution in [3.05, 3.63) is 0 Å². The summed E-state index contributed by atoms with van der Waals surface area (Å²) in [5.74, 6) is 1.47. The largest absolute Gasteiger partial charge is 0.396 e. The molecule has 1 rings (SSSR count). The van der Waals surface area contributed by atoms with E-state index in [1.54, 1.807) is 0 Å². The number of aliphatic hydroxyl groups is 1. The zero-order chi connectivity index (χ0) is 14.5. The summed E-state index contributed by atoms with van der Waals surface area (Å²) < 4.78 is 0. The van der Waals surface area contributed by atoms with Crippen molar-refractivity contribution in [2.24, 2.45) is 23.2 Å². The van der Waals surface area contributed by atoms with Gasteiger partial charge in [0.2, 0.25) is 5.91 Å². The maximum atomic E-state index is 11.9. The van der Waals surface area contributed by atoms with Gasteiger partial charge in [0.25, 0.3) is 0 Å². The third-order valence-electron chi connectivity index (χ3n) is 4.11. The fraction of sp³-hybridized carbons (Fsp3) is 0.938. The van der Waals surface area contributed by atoms with E-state index in [0.29, 0.717) is 24.2 Å². The van der Waals surface area contributed by atoms with E-state index in [2.05, 4.69) is 33.0 Å². The van der Waals surface area contributed by atoms with E-state index in [9.17, 15) is 9.90 Å². The molecule has 1 aliphatic rings. The van der Waals surface area contributed by atoms with Crippen molar-refractivity contribution in [3.8, 4) is 0 Å². The minimum atomic E-state index is 0.167. The topological polar surface area (TPSA) is 49.3 Å². The quantitative estimate of drug-likeness (QED) is 0.779. The predicted molar refractivity (Wildman–Crippen MR) is 78.8 cm³/mol. The molecule has 1 amide bonds. The van der Waals surface area contributed by atoms with Crippen molar-refractivity contribution in [3.63, 3.8) is 0 Å². The molecule has 0 heterocycles. The summed E-state index contributed by atoms with van der Waals surface area (Å²) in [5.41, 5.74) is 0.285. The SMILES string of the molecule is CC(CC(=O)NCC1CCCC1CO)CC(C)(C)C. The van der Waals surface area contributed by atoms with Crippen molar-refractivity contribution in [1.29, 1.82) is 0 Å². The predicted octanol–water partition coefficient (Wildman–Crippen LogP) is 2.97. The summed E-state index contributed by atoms with van der Waals surface area (Å²) in [7, 11) is 0. The third kappa shape index (κ3) is 6.42. The highest BCUT2D eigenvalue weighted by molar-refractivity contribution is 5.76. The van der Waals surface area contributed by atoms with E-state index in [0.717, 1.165) is 25.8 Å². The average molecular weight is 269 g/mol. The Morgan fingerprint density at radius 3 is 2.53 bits per heavy atom. The van der Waals surface area contributed by atoms with Gasteiger partial charge < -0.3 is 10.4 Å². The smallest absolute Gasteiger partial charge is 0.220 e. The van der Waals surface area contributed by atoms with Crippen LogP contribution in [0.2, 0.25) is 0 Å². The van der Waals surface area contributed by atoms with Crippen LogP contribution in [0.15, 0.2) is 0 Å². The zero-order valence-electron chi connectivity index (χ0n) is 13.0. The number of carbonyl (C=O) groups excluding carboxylic acids is 1. The number of aliphatic hydroxyl groups excluding tert-OH is 1. The van der Waals surface area contributed by atoms with Crippen molar-refractivity contribution in [2.45, 2.75) is 59.8 Å². The first-order chi connectivity index (χ1) is 8.81. The number of hydrogen-bond donors (Lipinski definition) is 2. The van der Waals surface area contributed by atoms with Gasteiger partial charge >= 0.3 is 0 Å². The molecule has 0 saturated heterocycles. The van der Waals surface area contributed by atoms with Gasteiger partial charge in [-0.2, -0.15) is 0 Å². The Morgan fingerprint density at radius 2 is 1.95 bits per heavy atom. The minimum absolute atomic E-state index is 0.167. The Balaban J connectivity index is 2.24. The molecule has 19 heavy (non-hydrogen) atoms. The van der Waals surface area contributed by atoms with Gasteiger partial charge in [0.15, 0.2) is 0 Å². The number of rotatable bonds is 6. The van der Waals surface area contributed by atoms with Gasteiger partial charge in [-0.15, -0.1) is 0 Å². The molecule has 2 N–H and O–H groups in total. The minimum Gasteiger partial charge on any atom is -0.396 e. The summed E-state index contributed by atoms with van der Waals surface area (Å²) in [6, 6.07) is 0. The van der Waals surface area contributed by atoms with Crippen LogP contribution in [-0.4, -0.2) is 24.2 Å². The summed E-state index contributed by atoms with van der Waals surface area (Å²) in [5, 5.41) is 12.3. The molecular weight excluding hydrogens is 238 g/mol. The van der Waals surface area contributed by atoms with Crippen LogP contribution in [0.25, 0.3) is 0 Å². The third-order valence-corrected chi connectivity index (χ3v) is 4.11. The van der Waals surface area contributed by atoms with Gasteiger partial charge in [0.05, 0.1) is 0 Å². The van der Waals surface area contributed by atoms with Crippen LogP contribution in [-0.2, 0) is 4.79 Å². The van der Waals surface area contributed by atoms with Gasteiger partial charge in [-0.1, -0.05) is 34.1 Å². The van der Waals surface area contributed by atoms with Crippen LogP contribution >= 0.6 is 0 Å². The molecule has 0 bridgehead atoms. The van der Waals surface area contributed by atoms with E-state index in [1.807, 2.05) is 0 Å². The first kappa shape index (κ1) is 16.5. The van der Waals surface area contributed by atoms with Crippen molar-refractivity contribution in [2.75, 3.05) is 13.2 Å². The molecule has 0 aromatic heterocycles. The standard InChI is InChI=1S/C16H31NO2/c1-12(9-16(2,3)4)8-15(19)17-10-13-6-5-7-14(13)11-18/h12-14,18H,5-11H2,1-4H3,(H,17,19). The number of nitrogens with one attached hydrogen (secondary N) is 1. The Kier molecular flexibility index (Phi) is 6.31. The Hall–Kier alpha value is -0.570. The normalized spacial score (nSPS) is 25.3. The molecule has 0 aromatic carbocycles. The van der Waals surface area contributed by atoms with E-state index < -0.39 is 0 Å². The Morgan fingerprint density at radius 1 is 1.32 bits per heavy atom. The fourth-order valence-corrected chi connectivity index (χ4v) is 3.37. The van der Waals surface area contributed by atoms with E-state index in [4.69, 9.17) is 0 Å². The van der Waals surface area contributed by atoms with Crippen LogP contribution < -0.4 is 5.32 Å². The van der Waals surface area contributed by atoms with Crippen LogP contribution in [0.3, 0.4) is 0 Å². The molecule has 3 heteroatoms. The van der Waals surface area contributed by atoms with Gasteiger partial charge in [-0.3, -0.25) is 4.79 Å². The van der Waals surface area contributed by atoms with Crippen molar-refractivity contribution in [1.82, 2.24) is 5.32 Å². The highest BCUT2D eigenvalue weighted by atomic mass is 16.3. The molecule has 0 aromatic rings. The molecular formula is C16H31NO2. The zero-order valence-corrected chi connectivity index (χ0v) is 13.0. The van der Waals surface area contributed by atoms with Gasteiger partial charge in [0.1, 0.15) is 0 Å². The number of carbonyl (C=O) groups is 1. The second-order valence-electron chi connectivity index (χ2n) is 7.51. The lowest BCUT2D eigenvalue weighted by Gasteiger charge is -2.23. The monoisotopic (exact) mass is 269 g/mol. The molecule has 1 fully saturated rings. The summed E-state index contributed by atoms with van der Waals surface area (Å²) in [6.45, 7) is 9.80. The number of amides is 1. The van der Waals surface area contributed by atoms with Crippen molar-refractivity contribution < 1.29 is 9.90 Å². The lowest BCUT2D eigenvalue weighted by Crippen LogP contribution is -2.32. The Labute approximate surface area is 118 Å². The van der Waals surface area contributed by atoms with Gasteiger partial charge in [-0.05, 0) is 42.4 Å². The molecule has 0 spiro atoms. The maximum Gasteiger partial charge on any atom is 0.220 e. The fourth-order valence-electron chi connectivity index (χ4n) is 3.37.